The van der Waals surface area contributed by atoms with Crippen LogP contribution in [0, 0.1) is 0 Å². The number of primary amides is 1. The number of amides is 4. The van der Waals surface area contributed by atoms with Crippen molar-refractivity contribution in [2.24, 2.45) is 5.73 Å². The molecular formula is C34H50N4O6. The maximum atomic E-state index is 14.4. The summed E-state index contributed by atoms with van der Waals surface area (Å²) < 4.78 is 10.7. The first-order valence-electron chi connectivity index (χ1n) is 15.5. The van der Waals surface area contributed by atoms with Crippen LogP contribution in [0.25, 0.3) is 0 Å². The second-order valence-corrected chi connectivity index (χ2v) is 11.9. The molecule has 4 N–H and O–H groups in total. The number of carbonyl (C=O) groups is 4. The van der Waals surface area contributed by atoms with E-state index in [-0.39, 0.29) is 19.4 Å². The van der Waals surface area contributed by atoms with E-state index in [0.29, 0.717) is 23.4 Å². The first-order chi connectivity index (χ1) is 20.9. The number of hydrogen-bond donors (Lipinski definition) is 3. The lowest BCUT2D eigenvalue weighted by atomic mass is 9.99. The Labute approximate surface area is 262 Å². The zero-order valence-electron chi connectivity index (χ0n) is 27.1. The molecule has 242 valence electrons. The van der Waals surface area contributed by atoms with Gasteiger partial charge in [0, 0.05) is 18.7 Å². The number of nitrogens with zero attached hydrogens (tertiary/aromatic N) is 1. The summed E-state index contributed by atoms with van der Waals surface area (Å²) in [6.45, 7) is 9.59. The van der Waals surface area contributed by atoms with Crippen LogP contribution in [0.3, 0.4) is 0 Å². The van der Waals surface area contributed by atoms with Crippen molar-refractivity contribution in [1.82, 2.24) is 10.2 Å². The number of ether oxygens (including phenoxy) is 2. The molecule has 2 aromatic carbocycles. The third-order valence-corrected chi connectivity index (χ3v) is 7.08. The van der Waals surface area contributed by atoms with E-state index >= 15 is 0 Å². The van der Waals surface area contributed by atoms with E-state index in [0.717, 1.165) is 37.7 Å². The molecule has 2 aromatic rings. The Balaban J connectivity index is 2.55. The van der Waals surface area contributed by atoms with Gasteiger partial charge in [-0.3, -0.25) is 14.4 Å². The van der Waals surface area contributed by atoms with Gasteiger partial charge in [0.2, 0.25) is 11.8 Å². The van der Waals surface area contributed by atoms with Crippen LogP contribution in [0.2, 0.25) is 0 Å². The van der Waals surface area contributed by atoms with Crippen molar-refractivity contribution in [3.63, 3.8) is 0 Å². The predicted molar refractivity (Wildman–Crippen MR) is 172 cm³/mol. The van der Waals surface area contributed by atoms with Crippen molar-refractivity contribution in [2.45, 2.75) is 104 Å². The molecule has 0 fully saturated rings. The van der Waals surface area contributed by atoms with Crippen molar-refractivity contribution < 1.29 is 28.7 Å². The molecule has 44 heavy (non-hydrogen) atoms. The van der Waals surface area contributed by atoms with Crippen LogP contribution in [-0.4, -0.2) is 54.0 Å². The number of nitrogens with one attached hydrogen (secondary N) is 2. The molecular weight excluding hydrogens is 560 g/mol. The zero-order chi connectivity index (χ0) is 32.7. The molecule has 0 aliphatic carbocycles. The minimum atomic E-state index is -1.14. The summed E-state index contributed by atoms with van der Waals surface area (Å²) in [5.74, 6) is -0.873. The highest BCUT2D eigenvalue weighted by Gasteiger charge is 2.36. The number of nitrogens with two attached hydrogens (primary N) is 1. The summed E-state index contributed by atoms with van der Waals surface area (Å²) >= 11 is 0. The van der Waals surface area contributed by atoms with Crippen LogP contribution in [-0.2, 0) is 25.5 Å². The van der Waals surface area contributed by atoms with Gasteiger partial charge in [0.05, 0.1) is 7.11 Å². The molecule has 10 heteroatoms. The van der Waals surface area contributed by atoms with Gasteiger partial charge in [-0.2, -0.15) is 0 Å². The molecule has 0 aliphatic heterocycles. The van der Waals surface area contributed by atoms with Gasteiger partial charge in [-0.15, -0.1) is 0 Å². The molecule has 0 radical (unpaired) electrons. The molecule has 0 aliphatic rings. The van der Waals surface area contributed by atoms with E-state index in [2.05, 4.69) is 17.6 Å². The Kier molecular flexibility index (Phi) is 14.7. The van der Waals surface area contributed by atoms with Crippen molar-refractivity contribution in [1.29, 1.82) is 0 Å². The number of aryl methyl sites for hydroxylation is 1. The van der Waals surface area contributed by atoms with Crippen molar-refractivity contribution in [3.8, 4) is 5.75 Å². The Hall–Kier alpha value is -4.08. The van der Waals surface area contributed by atoms with E-state index in [1.165, 1.54) is 4.90 Å². The first kappa shape index (κ1) is 36.1. The number of rotatable bonds is 17. The van der Waals surface area contributed by atoms with Gasteiger partial charge in [0.25, 0.3) is 5.91 Å². The lowest BCUT2D eigenvalue weighted by Gasteiger charge is -2.34. The Morgan fingerprint density at radius 1 is 0.909 bits per heavy atom. The SMILES string of the molecule is CCCCCCCN(C(=O)C(CCC(N)=O)NC(=O)OC(C)(C)C)C(C(=O)Nc1ccc(OC)cc1)c1ccc(CC)cc1. The van der Waals surface area contributed by atoms with Gasteiger partial charge in [-0.25, -0.2) is 4.79 Å². The Morgan fingerprint density at radius 2 is 1.55 bits per heavy atom. The Morgan fingerprint density at radius 3 is 2.09 bits per heavy atom. The van der Waals surface area contributed by atoms with Gasteiger partial charge < -0.3 is 30.7 Å². The molecule has 0 heterocycles. The fourth-order valence-electron chi connectivity index (χ4n) is 4.74. The third kappa shape index (κ3) is 12.3. The maximum Gasteiger partial charge on any atom is 0.408 e. The standard InChI is InChI=1S/C34H50N4O6/c1-7-9-10-11-12-23-38(32(41)28(21-22-29(35)39)37-33(42)44-34(3,4)5)30(25-15-13-24(8-2)14-16-25)31(40)36-26-17-19-27(43-6)20-18-26/h13-20,28,30H,7-12,21-23H2,1-6H3,(H2,35,39)(H,36,40)(H,37,42). The number of alkyl carbamates (subject to hydrolysis) is 1. The normalized spacial score (nSPS) is 12.5. The number of hydrogen-bond acceptors (Lipinski definition) is 6. The van der Waals surface area contributed by atoms with Crippen LogP contribution < -0.4 is 21.1 Å². The quantitative estimate of drug-likeness (QED) is 0.191. The molecule has 0 bridgehead atoms. The van der Waals surface area contributed by atoms with Gasteiger partial charge in [-0.05, 0) is 75.4 Å². The smallest absolute Gasteiger partial charge is 0.408 e. The van der Waals surface area contributed by atoms with Gasteiger partial charge in [0.1, 0.15) is 23.4 Å². The molecule has 10 nitrogen and oxygen atoms in total. The van der Waals surface area contributed by atoms with Gasteiger partial charge in [0.15, 0.2) is 0 Å². The first-order valence-corrected chi connectivity index (χ1v) is 15.5. The fraction of sp³-hybridized carbons (Fsp3) is 0.529. The minimum absolute atomic E-state index is 0.0403. The molecule has 2 rings (SSSR count). The van der Waals surface area contributed by atoms with Crippen LogP contribution in [0.5, 0.6) is 5.75 Å². The molecule has 2 unspecified atom stereocenters. The van der Waals surface area contributed by atoms with Crippen molar-refractivity contribution >= 4 is 29.5 Å². The topological polar surface area (TPSA) is 140 Å². The average Bonchev–Trinajstić information content (AvgIpc) is 2.97. The van der Waals surface area contributed by atoms with Gasteiger partial charge >= 0.3 is 6.09 Å². The second kappa shape index (κ2) is 17.9. The van der Waals surface area contributed by atoms with Gasteiger partial charge in [-0.1, -0.05) is 63.8 Å². The van der Waals surface area contributed by atoms with Crippen LogP contribution in [0.4, 0.5) is 10.5 Å². The van der Waals surface area contributed by atoms with Crippen LogP contribution >= 0.6 is 0 Å². The predicted octanol–water partition coefficient (Wildman–Crippen LogP) is 5.90. The van der Waals surface area contributed by atoms with E-state index in [9.17, 15) is 19.2 Å². The highest BCUT2D eigenvalue weighted by Crippen LogP contribution is 2.27. The summed E-state index contributed by atoms with van der Waals surface area (Å²) in [5, 5.41) is 5.59. The zero-order valence-corrected chi connectivity index (χ0v) is 27.1. The number of benzene rings is 2. The number of carbonyl (C=O) groups excluding carboxylic acids is 4. The van der Waals surface area contributed by atoms with E-state index in [1.54, 1.807) is 52.1 Å². The lowest BCUT2D eigenvalue weighted by molar-refractivity contribution is -0.141. The average molecular weight is 611 g/mol. The number of unbranched alkanes of at least 4 members (excludes halogenated alkanes) is 4. The maximum absolute atomic E-state index is 14.4. The Bertz CT molecular complexity index is 1210. The molecule has 0 spiro atoms. The van der Waals surface area contributed by atoms with Crippen LogP contribution in [0.1, 0.15) is 96.7 Å². The highest BCUT2D eigenvalue weighted by molar-refractivity contribution is 5.99. The summed E-state index contributed by atoms with van der Waals surface area (Å²) in [6, 6.07) is 12.4. The summed E-state index contributed by atoms with van der Waals surface area (Å²) in [5.41, 5.74) is 6.88. The van der Waals surface area contributed by atoms with Crippen molar-refractivity contribution in [2.75, 3.05) is 19.0 Å². The molecule has 0 saturated carbocycles. The lowest BCUT2D eigenvalue weighted by Crippen LogP contribution is -2.52. The second-order valence-electron chi connectivity index (χ2n) is 11.9. The summed E-state index contributed by atoms with van der Waals surface area (Å²) in [7, 11) is 1.56. The summed E-state index contributed by atoms with van der Waals surface area (Å²) in [4.78, 5) is 54.5. The number of anilines is 1. The molecule has 0 saturated heterocycles. The fourth-order valence-corrected chi connectivity index (χ4v) is 4.74. The molecule has 0 aromatic heterocycles. The summed E-state index contributed by atoms with van der Waals surface area (Å²) in [6.07, 6.45) is 4.49. The van der Waals surface area contributed by atoms with E-state index < -0.39 is 41.5 Å². The minimum Gasteiger partial charge on any atom is -0.497 e. The number of methoxy groups -OCH3 is 1. The molecule has 2 atom stereocenters. The largest absolute Gasteiger partial charge is 0.497 e. The van der Waals surface area contributed by atoms with E-state index in [1.807, 2.05) is 31.2 Å². The van der Waals surface area contributed by atoms with Crippen LogP contribution in [0.15, 0.2) is 48.5 Å². The third-order valence-electron chi connectivity index (χ3n) is 7.08. The van der Waals surface area contributed by atoms with E-state index in [4.69, 9.17) is 15.2 Å². The van der Waals surface area contributed by atoms with Crippen molar-refractivity contribution in [3.05, 3.63) is 59.7 Å². The monoisotopic (exact) mass is 610 g/mol. The molecule has 4 amide bonds. The highest BCUT2D eigenvalue weighted by atomic mass is 16.6.